The summed E-state index contributed by atoms with van der Waals surface area (Å²) in [4.78, 5) is 9.38. The molecule has 0 aromatic rings. The van der Waals surface area contributed by atoms with Gasteiger partial charge in [-0.25, -0.2) is 0 Å². The lowest BCUT2D eigenvalue weighted by atomic mass is 9.87. The van der Waals surface area contributed by atoms with E-state index in [1.54, 1.807) is 0 Å². The summed E-state index contributed by atoms with van der Waals surface area (Å²) < 4.78 is 5.62. The van der Waals surface area contributed by atoms with Crippen molar-refractivity contribution in [2.24, 2.45) is 16.3 Å². The van der Waals surface area contributed by atoms with E-state index in [1.165, 1.54) is 45.2 Å². The molecule has 1 atom stereocenters. The second-order valence-corrected chi connectivity index (χ2v) is 7.48. The zero-order valence-corrected chi connectivity index (χ0v) is 17.1. The second kappa shape index (κ2) is 8.85. The van der Waals surface area contributed by atoms with Crippen molar-refractivity contribution >= 4 is 29.9 Å². The van der Waals surface area contributed by atoms with Gasteiger partial charge in [0.15, 0.2) is 5.96 Å². The van der Waals surface area contributed by atoms with Crippen LogP contribution in [-0.4, -0.2) is 75.8 Å². The smallest absolute Gasteiger partial charge is 0.193 e. The first-order chi connectivity index (χ1) is 10.7. The summed E-state index contributed by atoms with van der Waals surface area (Å²) in [5.41, 5.74) is 0.408. The summed E-state index contributed by atoms with van der Waals surface area (Å²) in [6.45, 7) is 7.69. The first-order valence-electron chi connectivity index (χ1n) is 8.93. The molecule has 5 nitrogen and oxygen atoms in total. The number of likely N-dealkylation sites (tertiary alicyclic amines) is 2. The first kappa shape index (κ1) is 19.2. The normalized spacial score (nSPS) is 30.0. The number of hydrogen-bond donors (Lipinski definition) is 1. The molecule has 0 bridgehead atoms. The molecule has 0 aliphatic carbocycles. The van der Waals surface area contributed by atoms with E-state index in [0.717, 1.165) is 44.7 Å². The van der Waals surface area contributed by atoms with Gasteiger partial charge in [0.1, 0.15) is 0 Å². The highest BCUT2D eigenvalue weighted by Gasteiger charge is 2.42. The third-order valence-corrected chi connectivity index (χ3v) is 5.81. The van der Waals surface area contributed by atoms with Crippen LogP contribution in [-0.2, 0) is 4.74 Å². The number of nitrogens with one attached hydrogen (secondary N) is 1. The summed E-state index contributed by atoms with van der Waals surface area (Å²) in [6.07, 6.45) is 6.44. The highest BCUT2D eigenvalue weighted by atomic mass is 127. The second-order valence-electron chi connectivity index (χ2n) is 7.48. The van der Waals surface area contributed by atoms with E-state index in [0.29, 0.717) is 5.41 Å². The summed E-state index contributed by atoms with van der Waals surface area (Å²) in [6, 6.07) is 0. The Kier molecular flexibility index (Phi) is 7.41. The van der Waals surface area contributed by atoms with Crippen LogP contribution in [0.4, 0.5) is 0 Å². The van der Waals surface area contributed by atoms with Crippen LogP contribution in [0.1, 0.15) is 32.1 Å². The molecule has 3 heterocycles. The van der Waals surface area contributed by atoms with Crippen LogP contribution < -0.4 is 5.32 Å². The maximum absolute atomic E-state index is 5.62. The third-order valence-electron chi connectivity index (χ3n) is 5.81. The fourth-order valence-corrected chi connectivity index (χ4v) is 4.16. The highest BCUT2D eigenvalue weighted by Crippen LogP contribution is 2.38. The molecule has 0 aromatic carbocycles. The summed E-state index contributed by atoms with van der Waals surface area (Å²) in [5, 5.41) is 3.60. The molecule has 3 saturated heterocycles. The standard InChI is InChI=1S/C17H32N4O.HI/c1-18-16(19-8-3-15-4-9-20(2)10-5-15)21-11-6-17(13-21)7-12-22-14-17;/h15H,3-14H2,1-2H3,(H,18,19);1H. The van der Waals surface area contributed by atoms with Crippen molar-refractivity contribution in [3.05, 3.63) is 0 Å². The maximum Gasteiger partial charge on any atom is 0.193 e. The van der Waals surface area contributed by atoms with E-state index in [4.69, 9.17) is 4.74 Å². The van der Waals surface area contributed by atoms with E-state index in [1.807, 2.05) is 7.05 Å². The van der Waals surface area contributed by atoms with Gasteiger partial charge in [0, 0.05) is 38.7 Å². The van der Waals surface area contributed by atoms with Crippen molar-refractivity contribution in [3.63, 3.8) is 0 Å². The Bertz CT molecular complexity index is 390. The monoisotopic (exact) mass is 436 g/mol. The number of halogens is 1. The van der Waals surface area contributed by atoms with Gasteiger partial charge in [0.25, 0.3) is 0 Å². The summed E-state index contributed by atoms with van der Waals surface area (Å²) in [5.74, 6) is 1.98. The highest BCUT2D eigenvalue weighted by molar-refractivity contribution is 14.0. The fraction of sp³-hybridized carbons (Fsp3) is 0.941. The molecular formula is C17H33IN4O. The molecule has 1 spiro atoms. The van der Waals surface area contributed by atoms with Crippen LogP contribution in [0, 0.1) is 11.3 Å². The third kappa shape index (κ3) is 4.95. The number of hydrogen-bond acceptors (Lipinski definition) is 3. The molecule has 0 saturated carbocycles. The quantitative estimate of drug-likeness (QED) is 0.418. The molecule has 0 amide bonds. The summed E-state index contributed by atoms with van der Waals surface area (Å²) >= 11 is 0. The van der Waals surface area contributed by atoms with Gasteiger partial charge in [0.05, 0.1) is 6.61 Å². The molecule has 1 N–H and O–H groups in total. The molecule has 3 fully saturated rings. The fourth-order valence-electron chi connectivity index (χ4n) is 4.16. The van der Waals surface area contributed by atoms with Crippen LogP contribution in [0.25, 0.3) is 0 Å². The molecular weight excluding hydrogens is 403 g/mol. The van der Waals surface area contributed by atoms with Crippen LogP contribution in [0.15, 0.2) is 4.99 Å². The van der Waals surface area contributed by atoms with Crippen molar-refractivity contribution in [1.82, 2.24) is 15.1 Å². The van der Waals surface area contributed by atoms with Gasteiger partial charge in [-0.2, -0.15) is 0 Å². The lowest BCUT2D eigenvalue weighted by Crippen LogP contribution is -2.42. The number of rotatable bonds is 3. The number of guanidine groups is 1. The molecule has 3 aliphatic heterocycles. The van der Waals surface area contributed by atoms with Crippen molar-refractivity contribution in [3.8, 4) is 0 Å². The van der Waals surface area contributed by atoms with Crippen molar-refractivity contribution in [2.75, 3.05) is 60.0 Å². The molecule has 134 valence electrons. The SMILES string of the molecule is CN=C(NCCC1CCN(C)CC1)N1CCC2(CCOC2)C1.I. The lowest BCUT2D eigenvalue weighted by molar-refractivity contribution is 0.156. The zero-order valence-electron chi connectivity index (χ0n) is 14.7. The Morgan fingerprint density at radius 2 is 2.04 bits per heavy atom. The van der Waals surface area contributed by atoms with Gasteiger partial charge in [-0.1, -0.05) is 0 Å². The Morgan fingerprint density at radius 3 is 2.70 bits per heavy atom. The Labute approximate surface area is 158 Å². The zero-order chi connectivity index (χ0) is 15.4. The number of ether oxygens (including phenoxy) is 1. The predicted molar refractivity (Wildman–Crippen MR) is 106 cm³/mol. The van der Waals surface area contributed by atoms with Crippen molar-refractivity contribution in [1.29, 1.82) is 0 Å². The van der Waals surface area contributed by atoms with Gasteiger partial charge < -0.3 is 19.9 Å². The van der Waals surface area contributed by atoms with Gasteiger partial charge >= 0.3 is 0 Å². The molecule has 0 radical (unpaired) electrons. The minimum absolute atomic E-state index is 0. The van der Waals surface area contributed by atoms with E-state index >= 15 is 0 Å². The molecule has 23 heavy (non-hydrogen) atoms. The van der Waals surface area contributed by atoms with Crippen LogP contribution in [0.3, 0.4) is 0 Å². The molecule has 0 aromatic heterocycles. The van der Waals surface area contributed by atoms with Crippen LogP contribution in [0.2, 0.25) is 0 Å². The number of piperidine rings is 1. The summed E-state index contributed by atoms with van der Waals surface area (Å²) in [7, 11) is 4.14. The van der Waals surface area contributed by atoms with E-state index < -0.39 is 0 Å². The van der Waals surface area contributed by atoms with Crippen molar-refractivity contribution in [2.45, 2.75) is 32.1 Å². The topological polar surface area (TPSA) is 40.1 Å². The van der Waals surface area contributed by atoms with Crippen LogP contribution >= 0.6 is 24.0 Å². The largest absolute Gasteiger partial charge is 0.381 e. The minimum Gasteiger partial charge on any atom is -0.381 e. The maximum atomic E-state index is 5.62. The molecule has 3 aliphatic rings. The van der Waals surface area contributed by atoms with E-state index in [-0.39, 0.29) is 24.0 Å². The average molecular weight is 436 g/mol. The lowest BCUT2D eigenvalue weighted by Gasteiger charge is -2.29. The van der Waals surface area contributed by atoms with Crippen molar-refractivity contribution < 1.29 is 4.74 Å². The van der Waals surface area contributed by atoms with Gasteiger partial charge in [-0.3, -0.25) is 4.99 Å². The number of nitrogens with zero attached hydrogens (tertiary/aromatic N) is 3. The molecule has 1 unspecified atom stereocenters. The Balaban J connectivity index is 0.00000192. The van der Waals surface area contributed by atoms with Gasteiger partial charge in [-0.15, -0.1) is 24.0 Å². The van der Waals surface area contributed by atoms with E-state index in [2.05, 4.69) is 27.2 Å². The van der Waals surface area contributed by atoms with E-state index in [9.17, 15) is 0 Å². The predicted octanol–water partition coefficient (Wildman–Crippen LogP) is 2.02. The van der Waals surface area contributed by atoms with Gasteiger partial charge in [-0.05, 0) is 58.2 Å². The average Bonchev–Trinajstić information content (AvgIpc) is 3.16. The minimum atomic E-state index is 0. The molecule has 3 rings (SSSR count). The Hall–Kier alpha value is -0.0800. The van der Waals surface area contributed by atoms with Crippen LogP contribution in [0.5, 0.6) is 0 Å². The molecule has 6 heteroatoms. The first-order valence-corrected chi connectivity index (χ1v) is 8.93. The van der Waals surface area contributed by atoms with Gasteiger partial charge in [0.2, 0.25) is 0 Å². The number of aliphatic imine (C=N–C) groups is 1. The Morgan fingerprint density at radius 1 is 1.26 bits per heavy atom.